The number of fused-ring (bicyclic) bond motifs is 2. The zero-order valence-electron chi connectivity index (χ0n) is 35.2. The van der Waals surface area contributed by atoms with Crippen molar-refractivity contribution >= 4 is 64.6 Å². The second kappa shape index (κ2) is 22.5. The Morgan fingerprint density at radius 1 is 0.619 bits per heavy atom. The van der Waals surface area contributed by atoms with Crippen LogP contribution in [0.4, 0.5) is 0 Å². The highest BCUT2D eigenvalue weighted by molar-refractivity contribution is 8.00. The van der Waals surface area contributed by atoms with Gasteiger partial charge in [-0.25, -0.2) is 14.8 Å². The van der Waals surface area contributed by atoms with Crippen LogP contribution in [-0.2, 0) is 46.4 Å². The van der Waals surface area contributed by atoms with Crippen molar-refractivity contribution in [2.45, 2.75) is 78.9 Å². The number of hydrogen-bond acceptors (Lipinski definition) is 12. The Balaban J connectivity index is 0.000000189. The van der Waals surface area contributed by atoms with Gasteiger partial charge in [0.15, 0.2) is 10.3 Å². The first-order chi connectivity index (χ1) is 30.7. The molecule has 0 fully saturated rings. The summed E-state index contributed by atoms with van der Waals surface area (Å²) in [7, 11) is 0. The van der Waals surface area contributed by atoms with E-state index in [0.717, 1.165) is 69.6 Å². The second-order valence-corrected chi connectivity index (χ2v) is 18.9. The fraction of sp³-hybridized carbons (Fsp3) is 0.286. The van der Waals surface area contributed by atoms with E-state index in [9.17, 15) is 24.0 Å². The molecule has 0 bridgehead atoms. The van der Waals surface area contributed by atoms with E-state index in [4.69, 9.17) is 14.7 Å². The molecule has 4 heterocycles. The fourth-order valence-electron chi connectivity index (χ4n) is 7.01. The van der Waals surface area contributed by atoms with Gasteiger partial charge in [-0.2, -0.15) is 0 Å². The van der Waals surface area contributed by atoms with Crippen LogP contribution in [0.15, 0.2) is 139 Å². The number of carbonyl (C=O) groups is 3. The third kappa shape index (κ3) is 11.9. The smallest absolute Gasteiger partial charge is 0.338 e. The molecular formula is C49H48N4O6S4. The molecule has 0 N–H and O–H groups in total. The van der Waals surface area contributed by atoms with Crippen molar-refractivity contribution in [1.82, 2.24) is 19.1 Å². The lowest BCUT2D eigenvalue weighted by Crippen LogP contribution is -2.24. The SMILES string of the molecule is CCCCc1ccc(CC(=O)CSc2nc3c(c(=O)n2-c2ccccc2)SCC3)cc1.CCOC(=O)c1ccc(CC(=O)CSc2nc3c(c(=O)n2-c2ccccc2)SCC3)cc1. The van der Waals surface area contributed by atoms with Crippen molar-refractivity contribution in [3.63, 3.8) is 0 Å². The number of unbranched alkanes of at least 4 members (excludes halogenated alkanes) is 1. The molecule has 2 aliphatic heterocycles. The van der Waals surface area contributed by atoms with Gasteiger partial charge in [0.1, 0.15) is 11.6 Å². The summed E-state index contributed by atoms with van der Waals surface area (Å²) >= 11 is 5.75. The lowest BCUT2D eigenvalue weighted by atomic mass is 10.0. The maximum absolute atomic E-state index is 13.1. The van der Waals surface area contributed by atoms with Gasteiger partial charge < -0.3 is 4.74 Å². The molecule has 8 rings (SSSR count). The molecule has 0 atom stereocenters. The molecule has 0 amide bonds. The highest BCUT2D eigenvalue weighted by atomic mass is 32.2. The lowest BCUT2D eigenvalue weighted by molar-refractivity contribution is -0.116. The van der Waals surface area contributed by atoms with Crippen molar-refractivity contribution in [1.29, 1.82) is 0 Å². The first-order valence-electron chi connectivity index (χ1n) is 21.0. The number of para-hydroxylation sites is 2. The average molecular weight is 917 g/mol. The van der Waals surface area contributed by atoms with Crippen LogP contribution in [0.25, 0.3) is 11.4 Å². The van der Waals surface area contributed by atoms with E-state index in [1.807, 2.05) is 60.7 Å². The highest BCUT2D eigenvalue weighted by Crippen LogP contribution is 2.31. The number of rotatable bonds is 17. The molecule has 63 heavy (non-hydrogen) atoms. The van der Waals surface area contributed by atoms with Gasteiger partial charge in [-0.3, -0.25) is 28.3 Å². The fourth-order valence-corrected chi connectivity index (χ4v) is 10.8. The third-order valence-corrected chi connectivity index (χ3v) is 14.4. The van der Waals surface area contributed by atoms with E-state index in [0.29, 0.717) is 39.6 Å². The Hall–Kier alpha value is -5.15. The number of aryl methyl sites for hydroxylation is 3. The number of aromatic nitrogens is 4. The number of ketones is 2. The molecular weight excluding hydrogens is 869 g/mol. The van der Waals surface area contributed by atoms with E-state index in [1.54, 1.807) is 52.1 Å². The number of thioether (sulfide) groups is 4. The van der Waals surface area contributed by atoms with Gasteiger partial charge in [0.2, 0.25) is 0 Å². The van der Waals surface area contributed by atoms with Gasteiger partial charge >= 0.3 is 5.97 Å². The summed E-state index contributed by atoms with van der Waals surface area (Å²) < 4.78 is 8.23. The van der Waals surface area contributed by atoms with Crippen molar-refractivity contribution < 1.29 is 19.1 Å². The molecule has 14 heteroatoms. The number of hydrogen-bond donors (Lipinski definition) is 0. The van der Waals surface area contributed by atoms with Crippen LogP contribution >= 0.6 is 47.0 Å². The number of ether oxygens (including phenoxy) is 1. The molecule has 0 unspecified atom stereocenters. The van der Waals surface area contributed by atoms with Crippen LogP contribution in [0.1, 0.15) is 65.1 Å². The minimum Gasteiger partial charge on any atom is -0.462 e. The average Bonchev–Trinajstić information content (AvgIpc) is 3.99. The zero-order valence-corrected chi connectivity index (χ0v) is 38.5. The summed E-state index contributed by atoms with van der Waals surface area (Å²) in [4.78, 5) is 74.2. The second-order valence-electron chi connectivity index (χ2n) is 14.8. The quantitative estimate of drug-likeness (QED) is 0.0492. The summed E-state index contributed by atoms with van der Waals surface area (Å²) in [5, 5.41) is 1.13. The Bertz CT molecular complexity index is 2670. The van der Waals surface area contributed by atoms with E-state index in [1.165, 1.54) is 53.7 Å². The maximum atomic E-state index is 13.1. The number of benzene rings is 4. The molecule has 2 aromatic heterocycles. The predicted molar refractivity (Wildman–Crippen MR) is 255 cm³/mol. The molecule has 0 spiro atoms. The molecule has 324 valence electrons. The van der Waals surface area contributed by atoms with Gasteiger partial charge in [0, 0.05) is 37.2 Å². The van der Waals surface area contributed by atoms with Crippen molar-refractivity contribution in [3.05, 3.63) is 164 Å². The van der Waals surface area contributed by atoms with E-state index in [2.05, 4.69) is 31.2 Å². The molecule has 0 saturated carbocycles. The van der Waals surface area contributed by atoms with Crippen molar-refractivity contribution in [3.8, 4) is 11.4 Å². The van der Waals surface area contributed by atoms with Gasteiger partial charge in [-0.1, -0.05) is 110 Å². The third-order valence-electron chi connectivity index (χ3n) is 10.2. The molecule has 2 aliphatic rings. The van der Waals surface area contributed by atoms with Gasteiger partial charge in [-0.15, -0.1) is 23.5 Å². The largest absolute Gasteiger partial charge is 0.462 e. The van der Waals surface area contributed by atoms with Gasteiger partial charge in [0.05, 0.1) is 56.2 Å². The molecule has 10 nitrogen and oxygen atoms in total. The minimum absolute atomic E-state index is 0.0163. The van der Waals surface area contributed by atoms with Crippen LogP contribution in [0.2, 0.25) is 0 Å². The topological polar surface area (TPSA) is 130 Å². The predicted octanol–water partition coefficient (Wildman–Crippen LogP) is 9.09. The number of Topliss-reactive ketones (excluding diaryl/α,β-unsaturated/α-hetero) is 2. The first kappa shape index (κ1) is 45.9. The van der Waals surface area contributed by atoms with Gasteiger partial charge in [0.25, 0.3) is 11.1 Å². The van der Waals surface area contributed by atoms with Gasteiger partial charge in [-0.05, 0) is 72.9 Å². The zero-order chi connectivity index (χ0) is 44.1. The summed E-state index contributed by atoms with van der Waals surface area (Å²) in [6.45, 7) is 4.27. The van der Waals surface area contributed by atoms with Crippen molar-refractivity contribution in [2.24, 2.45) is 0 Å². The van der Waals surface area contributed by atoms with Crippen LogP contribution < -0.4 is 11.1 Å². The summed E-state index contributed by atoms with van der Waals surface area (Å²) in [5.74, 6) is 2.00. The monoisotopic (exact) mass is 916 g/mol. The summed E-state index contributed by atoms with van der Waals surface area (Å²) in [5.41, 5.74) is 6.73. The Morgan fingerprint density at radius 2 is 1.06 bits per heavy atom. The summed E-state index contributed by atoms with van der Waals surface area (Å²) in [6, 6.07) is 34.1. The Kier molecular flexibility index (Phi) is 16.4. The van der Waals surface area contributed by atoms with Crippen LogP contribution in [-0.4, -0.2) is 66.3 Å². The molecule has 6 aromatic rings. The van der Waals surface area contributed by atoms with Crippen LogP contribution in [0.5, 0.6) is 0 Å². The van der Waals surface area contributed by atoms with E-state index in [-0.39, 0.29) is 40.8 Å². The normalized spacial score (nSPS) is 12.5. The number of esters is 1. The summed E-state index contributed by atoms with van der Waals surface area (Å²) in [6.07, 6.45) is 5.66. The van der Waals surface area contributed by atoms with Crippen LogP contribution in [0.3, 0.4) is 0 Å². The lowest BCUT2D eigenvalue weighted by Gasteiger charge is -2.13. The minimum atomic E-state index is -0.374. The Labute approximate surface area is 384 Å². The molecule has 0 saturated heterocycles. The van der Waals surface area contributed by atoms with Crippen molar-refractivity contribution in [2.75, 3.05) is 29.6 Å². The Morgan fingerprint density at radius 3 is 1.51 bits per heavy atom. The standard InChI is InChI=1S/C25H26N2O2S2.C24H22N2O4S2/c1-2-3-7-18-10-12-19(13-11-18)16-21(28)17-31-25-26-22-14-15-30-23(22)24(29)27(25)20-8-5-4-6-9-20;1-2-30-23(29)17-10-8-16(9-11-17)14-19(27)15-32-24-25-20-12-13-31-21(20)22(28)26(24)18-6-4-3-5-7-18/h4-6,8-13H,2-3,7,14-17H2,1H3;3-11H,2,12-15H2,1H3. The highest BCUT2D eigenvalue weighted by Gasteiger charge is 2.24. The molecule has 0 aliphatic carbocycles. The van der Waals surface area contributed by atoms with Crippen LogP contribution in [0, 0.1) is 0 Å². The van der Waals surface area contributed by atoms with E-state index >= 15 is 0 Å². The molecule has 4 aromatic carbocycles. The maximum Gasteiger partial charge on any atom is 0.338 e. The molecule has 0 radical (unpaired) electrons. The number of carbonyl (C=O) groups excluding carboxylic acids is 3. The number of nitrogens with zero attached hydrogens (tertiary/aromatic N) is 4. The first-order valence-corrected chi connectivity index (χ1v) is 25.0. The van der Waals surface area contributed by atoms with E-state index < -0.39 is 0 Å².